The molecule has 0 aliphatic rings. The van der Waals surface area contributed by atoms with Crippen molar-refractivity contribution in [1.82, 2.24) is 20.0 Å². The molecule has 0 saturated carbocycles. The van der Waals surface area contributed by atoms with Gasteiger partial charge in [-0.15, -0.1) is 0 Å². The van der Waals surface area contributed by atoms with Crippen LogP contribution in [-0.4, -0.2) is 153 Å². The predicted molar refractivity (Wildman–Crippen MR) is 119 cm³/mol. The number of unbranched alkanes of at least 4 members (excludes halogenated alkanes) is 1. The largest absolute Gasteiger partial charge is 3.00 e. The molecule has 16 nitrogen and oxygen atoms in total. The van der Waals surface area contributed by atoms with Crippen LogP contribution in [0.15, 0.2) is 0 Å². The molecule has 0 fully saturated rings. The number of nitrogens with two attached hydrogens (primary N) is 1. The second kappa shape index (κ2) is 20.6. The van der Waals surface area contributed by atoms with Crippen LogP contribution >= 0.6 is 0 Å². The van der Waals surface area contributed by atoms with Crippen LogP contribution < -0.4 is 31.5 Å². The van der Waals surface area contributed by atoms with E-state index in [1.807, 2.05) is 0 Å². The van der Waals surface area contributed by atoms with Gasteiger partial charge in [0.15, 0.2) is 0 Å². The fraction of sp³-hybridized carbons (Fsp3) is 0.700. The van der Waals surface area contributed by atoms with E-state index in [4.69, 9.17) is 10.8 Å². The van der Waals surface area contributed by atoms with Gasteiger partial charge >= 0.3 is 33.2 Å². The molecule has 37 heavy (non-hydrogen) atoms. The predicted octanol–water partition coefficient (Wildman–Crippen LogP) is -8.68. The fourth-order valence-electron chi connectivity index (χ4n) is 3.09. The van der Waals surface area contributed by atoms with E-state index in [1.54, 1.807) is 0 Å². The third-order valence-electron chi connectivity index (χ3n) is 4.82. The summed E-state index contributed by atoms with van der Waals surface area (Å²) >= 11 is 0. The number of nitrogens with one attached hydrogen (secondary N) is 1. The maximum Gasteiger partial charge on any atom is 3.00 e. The number of carbonyl (C=O) groups excluding carboxylic acids is 5. The summed E-state index contributed by atoms with van der Waals surface area (Å²) in [6, 6.07) is -1.00. The van der Waals surface area contributed by atoms with Crippen LogP contribution in [0.3, 0.4) is 0 Å². The first-order valence-electron chi connectivity index (χ1n) is 11.0. The van der Waals surface area contributed by atoms with Crippen LogP contribution in [0.4, 0.5) is 0 Å². The second-order valence-electron chi connectivity index (χ2n) is 7.98. The molecule has 0 heterocycles. The smallest absolute Gasteiger partial charge is 0.549 e. The molecule has 0 unspecified atom stereocenters. The van der Waals surface area contributed by atoms with Crippen molar-refractivity contribution in [3.8, 4) is 0 Å². The number of carboxylic acid groups (broad SMARTS) is 5. The molecule has 17 heteroatoms. The molecule has 206 valence electrons. The van der Waals surface area contributed by atoms with Gasteiger partial charge in [0.1, 0.15) is 6.04 Å². The quantitative estimate of drug-likeness (QED) is 0.0935. The SMILES string of the molecule is N[C@@H](CCCCNC(=O)CN(CCN(CCN(CC(=O)[O-])CC(=O)[O-])CC(=O)[O-])CC(=O)[O-])C(=O)O.[H+].[In+3]. The molecule has 0 spiro atoms. The average Bonchev–Trinajstić information content (AvgIpc) is 2.73. The minimum Gasteiger partial charge on any atom is -0.549 e. The summed E-state index contributed by atoms with van der Waals surface area (Å²) in [6.45, 7) is -3.33. The van der Waals surface area contributed by atoms with Crippen LogP contribution in [0.25, 0.3) is 0 Å². The van der Waals surface area contributed by atoms with Crippen LogP contribution in [0, 0.1) is 0 Å². The number of carboxylic acids is 5. The summed E-state index contributed by atoms with van der Waals surface area (Å²) in [5.41, 5.74) is 5.38. The van der Waals surface area contributed by atoms with E-state index in [1.165, 1.54) is 9.80 Å². The zero-order valence-corrected chi connectivity index (χ0v) is 23.6. The third kappa shape index (κ3) is 21.3. The Kier molecular flexibility index (Phi) is 20.4. The first-order chi connectivity index (χ1) is 16.8. The van der Waals surface area contributed by atoms with E-state index in [-0.39, 0.29) is 73.0 Å². The molecule has 1 atom stereocenters. The van der Waals surface area contributed by atoms with Gasteiger partial charge in [0.2, 0.25) is 5.91 Å². The van der Waals surface area contributed by atoms with E-state index in [2.05, 4.69) is 5.32 Å². The minimum atomic E-state index is -1.54. The Morgan fingerprint density at radius 1 is 0.703 bits per heavy atom. The van der Waals surface area contributed by atoms with E-state index in [9.17, 15) is 49.2 Å². The second-order valence-corrected chi connectivity index (χ2v) is 7.98. The van der Waals surface area contributed by atoms with Crippen molar-refractivity contribution in [2.24, 2.45) is 5.73 Å². The van der Waals surface area contributed by atoms with Gasteiger partial charge in [-0.3, -0.25) is 24.3 Å². The van der Waals surface area contributed by atoms with E-state index < -0.39 is 68.0 Å². The summed E-state index contributed by atoms with van der Waals surface area (Å²) in [5, 5.41) is 55.0. The number of hydrogen-bond acceptors (Lipinski definition) is 14. The Morgan fingerprint density at radius 2 is 1.08 bits per heavy atom. The first kappa shape index (κ1) is 36.7. The van der Waals surface area contributed by atoms with Gasteiger partial charge in [0.25, 0.3) is 0 Å². The Hall–Kier alpha value is -2.47. The molecule has 0 bridgehead atoms. The molecule has 1 amide bonds. The van der Waals surface area contributed by atoms with Crippen molar-refractivity contribution in [3.63, 3.8) is 0 Å². The average molecular weight is 633 g/mol. The molecule has 0 aromatic rings. The van der Waals surface area contributed by atoms with E-state index in [0.717, 1.165) is 4.90 Å². The maximum atomic E-state index is 12.2. The monoisotopic (exact) mass is 633 g/mol. The van der Waals surface area contributed by atoms with Gasteiger partial charge in [-0.1, -0.05) is 0 Å². The molecule has 0 aromatic carbocycles. The summed E-state index contributed by atoms with van der Waals surface area (Å²) in [6.07, 6.45) is 1.11. The van der Waals surface area contributed by atoms with Crippen molar-refractivity contribution in [2.75, 3.05) is 65.4 Å². The van der Waals surface area contributed by atoms with Crippen molar-refractivity contribution in [2.45, 2.75) is 25.3 Å². The van der Waals surface area contributed by atoms with Crippen LogP contribution in [0.5, 0.6) is 0 Å². The number of rotatable bonds is 22. The number of hydrogen-bond donors (Lipinski definition) is 3. The maximum absolute atomic E-state index is 12.2. The van der Waals surface area contributed by atoms with Crippen molar-refractivity contribution in [3.05, 3.63) is 0 Å². The van der Waals surface area contributed by atoms with Gasteiger partial charge in [-0.2, -0.15) is 0 Å². The molecule has 0 aromatic heterocycles. The standard InChI is InChI=1S/C20H35N5O11.In/c21-14(20(35)36)3-1-2-4-22-15(26)9-24(11-17(29)30)7-5-23(10-16(27)28)6-8-25(12-18(31)32)13-19(33)34;/h14H,1-13,21H2,(H,22,26)(H,27,28)(H,29,30)(H,31,32)(H,33,34)(H,35,36);/q;+3/p-3/t14-;/m0./s1. The Labute approximate surface area is 233 Å². The molecule has 0 aliphatic heterocycles. The fourth-order valence-corrected chi connectivity index (χ4v) is 3.09. The Bertz CT molecular complexity index is 762. The van der Waals surface area contributed by atoms with Gasteiger partial charge in [0.05, 0.1) is 30.4 Å². The van der Waals surface area contributed by atoms with E-state index >= 15 is 0 Å². The molecule has 0 radical (unpaired) electrons. The van der Waals surface area contributed by atoms with Crippen molar-refractivity contribution in [1.29, 1.82) is 0 Å². The molecule has 0 aliphatic carbocycles. The number of aliphatic carboxylic acids is 5. The van der Waals surface area contributed by atoms with Gasteiger partial charge in [-0.25, -0.2) is 0 Å². The Balaban J connectivity index is -0.00000612. The first-order valence-corrected chi connectivity index (χ1v) is 11.0. The summed E-state index contributed by atoms with van der Waals surface area (Å²) in [5.74, 6) is -7.70. The van der Waals surface area contributed by atoms with Gasteiger partial charge in [-0.05, 0) is 19.3 Å². The van der Waals surface area contributed by atoms with Gasteiger partial charge < -0.3 is 55.8 Å². The molecular formula is C20H32InN5O11. The molecule has 0 rings (SSSR count). The molecule has 0 saturated heterocycles. The van der Waals surface area contributed by atoms with Crippen LogP contribution in [-0.2, 0) is 28.8 Å². The zero-order chi connectivity index (χ0) is 27.7. The van der Waals surface area contributed by atoms with Crippen LogP contribution in [0.1, 0.15) is 20.7 Å². The normalized spacial score (nSPS) is 11.7. The molecular weight excluding hydrogens is 601 g/mol. The van der Waals surface area contributed by atoms with E-state index in [0.29, 0.717) is 12.8 Å². The number of amides is 1. The summed E-state index contributed by atoms with van der Waals surface area (Å²) < 4.78 is 0. The van der Waals surface area contributed by atoms with Crippen molar-refractivity contribution < 1.29 is 55.7 Å². The topological polar surface area (TPSA) is 263 Å². The Morgan fingerprint density at radius 3 is 1.49 bits per heavy atom. The third-order valence-corrected chi connectivity index (χ3v) is 4.82. The van der Waals surface area contributed by atoms with Gasteiger partial charge in [0, 0.05) is 58.9 Å². The van der Waals surface area contributed by atoms with Crippen LogP contribution in [0.2, 0.25) is 0 Å². The molecule has 4 N–H and O–H groups in total. The summed E-state index contributed by atoms with van der Waals surface area (Å²) in [7, 11) is 0. The van der Waals surface area contributed by atoms with Crippen molar-refractivity contribution >= 4 is 61.6 Å². The zero-order valence-electron chi connectivity index (χ0n) is 21.3. The summed E-state index contributed by atoms with van der Waals surface area (Å²) in [4.78, 5) is 69.9. The minimum absolute atomic E-state index is 0. The number of nitrogens with zero attached hydrogens (tertiary/aromatic N) is 3. The number of carbonyl (C=O) groups is 6.